The molecule has 0 saturated heterocycles. The first-order valence-corrected chi connectivity index (χ1v) is 8.75. The van der Waals surface area contributed by atoms with Gasteiger partial charge in [-0.25, -0.2) is 4.98 Å². The first-order chi connectivity index (χ1) is 10.6. The predicted octanol–water partition coefficient (Wildman–Crippen LogP) is 6.39. The van der Waals surface area contributed by atoms with Gasteiger partial charge in [0.05, 0.1) is 5.69 Å². The van der Waals surface area contributed by atoms with E-state index in [9.17, 15) is 0 Å². The van der Waals surface area contributed by atoms with Crippen molar-refractivity contribution in [2.45, 2.75) is 19.8 Å². The molecule has 0 atom stereocenters. The molecule has 0 saturated carbocycles. The van der Waals surface area contributed by atoms with Crippen molar-refractivity contribution in [3.8, 4) is 22.6 Å². The van der Waals surface area contributed by atoms with Crippen LogP contribution in [0.5, 0.6) is 0 Å². The van der Waals surface area contributed by atoms with E-state index in [0.29, 0.717) is 5.92 Å². The minimum Gasteiger partial charge on any atom is -0.341 e. The van der Waals surface area contributed by atoms with E-state index >= 15 is 0 Å². The lowest BCUT2D eigenvalue weighted by molar-refractivity contribution is 0.835. The molecular weight excluding hydrogens is 404 g/mol. The van der Waals surface area contributed by atoms with Crippen LogP contribution in [0.3, 0.4) is 0 Å². The maximum absolute atomic E-state index is 4.86. The van der Waals surface area contributed by atoms with E-state index in [1.54, 1.807) is 0 Å². The van der Waals surface area contributed by atoms with Crippen LogP contribution in [0.15, 0.2) is 57.5 Å². The number of imidazole rings is 1. The minimum absolute atomic E-state index is 0.380. The Bertz CT molecular complexity index is 792. The summed E-state index contributed by atoms with van der Waals surface area (Å²) in [4.78, 5) is 8.36. The molecule has 1 N–H and O–H groups in total. The molecule has 0 bridgehead atoms. The summed E-state index contributed by atoms with van der Waals surface area (Å²) in [6.07, 6.45) is 0. The first kappa shape index (κ1) is 15.5. The van der Waals surface area contributed by atoms with Gasteiger partial charge in [0.1, 0.15) is 5.82 Å². The fourth-order valence-electron chi connectivity index (χ4n) is 2.43. The van der Waals surface area contributed by atoms with Crippen LogP contribution in [0.2, 0.25) is 0 Å². The average molecular weight is 420 g/mol. The largest absolute Gasteiger partial charge is 0.341 e. The van der Waals surface area contributed by atoms with Crippen molar-refractivity contribution in [2.75, 3.05) is 0 Å². The Balaban J connectivity index is 2.15. The summed E-state index contributed by atoms with van der Waals surface area (Å²) in [6, 6.07) is 16.4. The number of aromatic amines is 1. The Hall–Kier alpha value is -1.39. The van der Waals surface area contributed by atoms with Crippen LogP contribution >= 0.6 is 31.9 Å². The quantitative estimate of drug-likeness (QED) is 0.523. The number of aromatic nitrogens is 2. The third-order valence-electron chi connectivity index (χ3n) is 3.54. The van der Waals surface area contributed by atoms with Crippen molar-refractivity contribution in [2.24, 2.45) is 0 Å². The molecule has 3 rings (SSSR count). The molecule has 0 spiro atoms. The molecule has 2 nitrogen and oxygen atoms in total. The number of rotatable bonds is 3. The molecule has 0 aliphatic heterocycles. The number of nitrogens with one attached hydrogen (secondary N) is 1. The Kier molecular flexibility index (Phi) is 4.50. The van der Waals surface area contributed by atoms with Crippen LogP contribution in [0, 0.1) is 0 Å². The molecule has 0 unspecified atom stereocenters. The zero-order chi connectivity index (χ0) is 15.7. The molecule has 0 radical (unpaired) electrons. The molecule has 1 aromatic heterocycles. The van der Waals surface area contributed by atoms with E-state index in [-0.39, 0.29) is 0 Å². The average Bonchev–Trinajstić information content (AvgIpc) is 2.93. The van der Waals surface area contributed by atoms with Gasteiger partial charge in [0, 0.05) is 25.8 Å². The third-order valence-corrected chi connectivity index (χ3v) is 4.69. The highest BCUT2D eigenvalue weighted by Crippen LogP contribution is 2.34. The summed E-state index contributed by atoms with van der Waals surface area (Å²) in [6.45, 7) is 4.36. The first-order valence-electron chi connectivity index (χ1n) is 7.17. The van der Waals surface area contributed by atoms with Gasteiger partial charge in [0.25, 0.3) is 0 Å². The van der Waals surface area contributed by atoms with Crippen molar-refractivity contribution in [1.29, 1.82) is 0 Å². The maximum Gasteiger partial charge on any atom is 0.139 e. The third kappa shape index (κ3) is 3.03. The molecule has 0 fully saturated rings. The second kappa shape index (κ2) is 6.39. The lowest BCUT2D eigenvalue weighted by atomic mass is 10.0. The van der Waals surface area contributed by atoms with Gasteiger partial charge in [-0.1, -0.05) is 60.1 Å². The van der Waals surface area contributed by atoms with E-state index in [0.717, 1.165) is 37.3 Å². The van der Waals surface area contributed by atoms with E-state index in [1.807, 2.05) is 30.3 Å². The van der Waals surface area contributed by atoms with Gasteiger partial charge >= 0.3 is 0 Å². The predicted molar refractivity (Wildman–Crippen MR) is 98.9 cm³/mol. The van der Waals surface area contributed by atoms with Crippen LogP contribution in [-0.4, -0.2) is 9.97 Å². The van der Waals surface area contributed by atoms with Gasteiger partial charge in [-0.2, -0.15) is 0 Å². The minimum atomic E-state index is 0.380. The van der Waals surface area contributed by atoms with Crippen LogP contribution < -0.4 is 0 Å². The van der Waals surface area contributed by atoms with Gasteiger partial charge in [-0.15, -0.1) is 0 Å². The number of nitrogens with zero attached hydrogens (tertiary/aromatic N) is 1. The smallest absolute Gasteiger partial charge is 0.139 e. The van der Waals surface area contributed by atoms with E-state index < -0.39 is 0 Å². The second-order valence-electron chi connectivity index (χ2n) is 5.49. The standard InChI is InChI=1S/C18H16Br2N2/c1-11(2)16-17(12-6-4-3-5-7-12)22-18(21-16)14-9-8-13(19)10-15(14)20/h3-11H,1-2H3,(H,21,22). The number of hydrogen-bond acceptors (Lipinski definition) is 1. The summed E-state index contributed by atoms with van der Waals surface area (Å²) < 4.78 is 2.06. The highest BCUT2D eigenvalue weighted by atomic mass is 79.9. The van der Waals surface area contributed by atoms with Crippen LogP contribution in [0.1, 0.15) is 25.5 Å². The molecule has 3 aromatic rings. The van der Waals surface area contributed by atoms with Crippen molar-refractivity contribution in [3.63, 3.8) is 0 Å². The molecule has 0 aliphatic rings. The molecule has 22 heavy (non-hydrogen) atoms. The van der Waals surface area contributed by atoms with Gasteiger partial charge in [0.2, 0.25) is 0 Å². The van der Waals surface area contributed by atoms with Gasteiger partial charge < -0.3 is 4.98 Å². The normalized spacial score (nSPS) is 11.1. The summed E-state index contributed by atoms with van der Waals surface area (Å²) in [5.74, 6) is 1.27. The highest BCUT2D eigenvalue weighted by molar-refractivity contribution is 9.11. The van der Waals surface area contributed by atoms with E-state index in [4.69, 9.17) is 4.98 Å². The van der Waals surface area contributed by atoms with Gasteiger partial charge in [-0.3, -0.25) is 0 Å². The molecule has 112 valence electrons. The fourth-order valence-corrected chi connectivity index (χ4v) is 3.66. The highest BCUT2D eigenvalue weighted by Gasteiger charge is 2.17. The van der Waals surface area contributed by atoms with Gasteiger partial charge in [0.15, 0.2) is 0 Å². The Morgan fingerprint density at radius 1 is 1.00 bits per heavy atom. The molecule has 0 aliphatic carbocycles. The van der Waals surface area contributed by atoms with Gasteiger partial charge in [-0.05, 0) is 40.0 Å². The molecule has 4 heteroatoms. The number of benzene rings is 2. The summed E-state index contributed by atoms with van der Waals surface area (Å²) in [7, 11) is 0. The Labute approximate surface area is 147 Å². The molecule has 0 amide bonds. The fraction of sp³-hybridized carbons (Fsp3) is 0.167. The van der Waals surface area contributed by atoms with Crippen LogP contribution in [0.4, 0.5) is 0 Å². The topological polar surface area (TPSA) is 28.7 Å². The van der Waals surface area contributed by atoms with Crippen molar-refractivity contribution in [3.05, 3.63) is 63.2 Å². The zero-order valence-corrected chi connectivity index (χ0v) is 15.6. The lowest BCUT2D eigenvalue weighted by Gasteiger charge is -2.05. The zero-order valence-electron chi connectivity index (χ0n) is 12.4. The summed E-state index contributed by atoms with van der Waals surface area (Å²) in [5, 5.41) is 0. The van der Waals surface area contributed by atoms with Crippen molar-refractivity contribution in [1.82, 2.24) is 9.97 Å². The SMILES string of the molecule is CC(C)c1[nH]c(-c2ccc(Br)cc2Br)nc1-c1ccccc1. The second-order valence-corrected chi connectivity index (χ2v) is 7.26. The Morgan fingerprint density at radius 3 is 2.36 bits per heavy atom. The maximum atomic E-state index is 4.86. The molecule has 2 aromatic carbocycles. The summed E-state index contributed by atoms with van der Waals surface area (Å²) >= 11 is 7.11. The monoisotopic (exact) mass is 418 g/mol. The van der Waals surface area contributed by atoms with Crippen molar-refractivity contribution >= 4 is 31.9 Å². The van der Waals surface area contributed by atoms with Crippen LogP contribution in [0.25, 0.3) is 22.6 Å². The number of halogens is 2. The summed E-state index contributed by atoms with van der Waals surface area (Å²) in [5.41, 5.74) is 4.39. The number of hydrogen-bond donors (Lipinski definition) is 1. The lowest BCUT2D eigenvalue weighted by Crippen LogP contribution is -1.91. The Morgan fingerprint density at radius 2 is 1.73 bits per heavy atom. The molecule has 1 heterocycles. The molecular formula is C18H16Br2N2. The number of H-pyrrole nitrogens is 1. The van der Waals surface area contributed by atoms with Crippen molar-refractivity contribution < 1.29 is 0 Å². The van der Waals surface area contributed by atoms with E-state index in [1.165, 1.54) is 0 Å². The van der Waals surface area contributed by atoms with Crippen LogP contribution in [-0.2, 0) is 0 Å². The van der Waals surface area contributed by atoms with E-state index in [2.05, 4.69) is 68.9 Å².